The molecule has 0 saturated heterocycles. The highest BCUT2D eigenvalue weighted by molar-refractivity contribution is 5.95. The van der Waals surface area contributed by atoms with Crippen molar-refractivity contribution in [3.8, 4) is 0 Å². The summed E-state index contributed by atoms with van der Waals surface area (Å²) < 4.78 is 5.59. The fourth-order valence-corrected chi connectivity index (χ4v) is 2.72. The van der Waals surface area contributed by atoms with Gasteiger partial charge in [0.05, 0.1) is 12.7 Å². The molecule has 3 aromatic rings. The number of carbonyl (C=O) groups excluding carboxylic acids is 1. The third-order valence-electron chi connectivity index (χ3n) is 3.63. The lowest BCUT2D eigenvalue weighted by Gasteiger charge is -2.05. The molecule has 22 heavy (non-hydrogen) atoms. The van der Waals surface area contributed by atoms with Crippen LogP contribution in [0, 0.1) is 20.8 Å². The van der Waals surface area contributed by atoms with E-state index in [1.54, 1.807) is 12.5 Å². The minimum Gasteiger partial charge on any atom is -0.464 e. The van der Waals surface area contributed by atoms with Crippen LogP contribution in [-0.2, 0) is 11.2 Å². The van der Waals surface area contributed by atoms with Crippen molar-refractivity contribution in [1.29, 1.82) is 0 Å². The van der Waals surface area contributed by atoms with Crippen LogP contribution in [0.4, 0.5) is 5.82 Å². The summed E-state index contributed by atoms with van der Waals surface area (Å²) in [5.41, 5.74) is 5.07. The van der Waals surface area contributed by atoms with E-state index < -0.39 is 0 Å². The Kier molecular flexibility index (Phi) is 3.67. The molecule has 0 bridgehead atoms. The zero-order valence-corrected chi connectivity index (χ0v) is 12.9. The van der Waals surface area contributed by atoms with Gasteiger partial charge in [0.1, 0.15) is 11.4 Å². The van der Waals surface area contributed by atoms with Gasteiger partial charge in [0.15, 0.2) is 0 Å². The molecule has 2 aromatic heterocycles. The van der Waals surface area contributed by atoms with Crippen LogP contribution in [0.5, 0.6) is 0 Å². The zero-order chi connectivity index (χ0) is 15.7. The summed E-state index contributed by atoms with van der Waals surface area (Å²) in [6.45, 7) is 6.03. The van der Waals surface area contributed by atoms with Crippen molar-refractivity contribution in [2.45, 2.75) is 27.2 Å². The summed E-state index contributed by atoms with van der Waals surface area (Å²) in [4.78, 5) is 16.4. The molecule has 0 unspecified atom stereocenters. The lowest BCUT2D eigenvalue weighted by atomic mass is 10.0. The number of anilines is 1. The number of nitrogens with one attached hydrogen (secondary N) is 1. The van der Waals surface area contributed by atoms with E-state index in [9.17, 15) is 4.79 Å². The standard InChI is InChI=1S/C18H18N2O2/c1-11-4-5-19-16(8-11)20-17(21)9-14-10-22-15-7-12(2)6-13(3)18(14)15/h4-8,10H,9H2,1-3H3,(H,19,20,21). The Morgan fingerprint density at radius 1 is 1.18 bits per heavy atom. The molecule has 112 valence electrons. The molecule has 4 nitrogen and oxygen atoms in total. The van der Waals surface area contributed by atoms with Gasteiger partial charge in [-0.15, -0.1) is 0 Å². The maximum atomic E-state index is 12.2. The molecule has 0 radical (unpaired) electrons. The molecule has 1 N–H and O–H groups in total. The normalized spacial score (nSPS) is 10.9. The monoisotopic (exact) mass is 294 g/mol. The maximum absolute atomic E-state index is 12.2. The van der Waals surface area contributed by atoms with Crippen LogP contribution in [-0.4, -0.2) is 10.9 Å². The Hall–Kier alpha value is -2.62. The van der Waals surface area contributed by atoms with Crippen LogP contribution in [0.25, 0.3) is 11.0 Å². The van der Waals surface area contributed by atoms with Crippen molar-refractivity contribution in [3.05, 3.63) is 59.0 Å². The number of nitrogens with zero attached hydrogens (tertiary/aromatic N) is 1. The zero-order valence-electron chi connectivity index (χ0n) is 12.9. The van der Waals surface area contributed by atoms with Gasteiger partial charge >= 0.3 is 0 Å². The molecule has 4 heteroatoms. The molecule has 0 atom stereocenters. The van der Waals surface area contributed by atoms with E-state index in [4.69, 9.17) is 4.42 Å². The molecule has 3 rings (SSSR count). The molecule has 2 heterocycles. The van der Waals surface area contributed by atoms with E-state index in [0.29, 0.717) is 5.82 Å². The predicted octanol–water partition coefficient (Wildman–Crippen LogP) is 3.93. The van der Waals surface area contributed by atoms with Gasteiger partial charge in [-0.3, -0.25) is 4.79 Å². The molecule has 0 spiro atoms. The van der Waals surface area contributed by atoms with Gasteiger partial charge in [0.2, 0.25) is 5.91 Å². The van der Waals surface area contributed by atoms with Crippen molar-refractivity contribution in [1.82, 2.24) is 4.98 Å². The third-order valence-corrected chi connectivity index (χ3v) is 3.63. The number of fused-ring (bicyclic) bond motifs is 1. The van der Waals surface area contributed by atoms with Gasteiger partial charge in [0, 0.05) is 17.1 Å². The smallest absolute Gasteiger partial charge is 0.230 e. The van der Waals surface area contributed by atoms with Crippen molar-refractivity contribution < 1.29 is 9.21 Å². The second kappa shape index (κ2) is 5.64. The highest BCUT2D eigenvalue weighted by atomic mass is 16.3. The number of rotatable bonds is 3. The molecular formula is C18H18N2O2. The predicted molar refractivity (Wildman–Crippen MR) is 87.0 cm³/mol. The second-order valence-corrected chi connectivity index (χ2v) is 5.66. The quantitative estimate of drug-likeness (QED) is 0.796. The summed E-state index contributed by atoms with van der Waals surface area (Å²) in [6, 6.07) is 7.83. The largest absolute Gasteiger partial charge is 0.464 e. The number of carbonyl (C=O) groups is 1. The first-order chi connectivity index (χ1) is 10.5. The van der Waals surface area contributed by atoms with Gasteiger partial charge in [-0.25, -0.2) is 4.98 Å². The van der Waals surface area contributed by atoms with Gasteiger partial charge in [-0.05, 0) is 55.7 Å². The number of aromatic nitrogens is 1. The number of hydrogen-bond acceptors (Lipinski definition) is 3. The molecule has 1 amide bonds. The molecule has 0 fully saturated rings. The first-order valence-electron chi connectivity index (χ1n) is 7.23. The number of benzene rings is 1. The van der Waals surface area contributed by atoms with E-state index in [2.05, 4.69) is 16.4 Å². The SMILES string of the molecule is Cc1ccnc(NC(=O)Cc2coc3cc(C)cc(C)c23)c1. The number of hydrogen-bond donors (Lipinski definition) is 1. The summed E-state index contributed by atoms with van der Waals surface area (Å²) >= 11 is 0. The van der Waals surface area contributed by atoms with Crippen LogP contribution in [0.15, 0.2) is 41.1 Å². The average Bonchev–Trinajstić information content (AvgIpc) is 2.81. The lowest BCUT2D eigenvalue weighted by Crippen LogP contribution is -2.15. The number of aryl methyl sites for hydroxylation is 3. The van der Waals surface area contributed by atoms with Gasteiger partial charge < -0.3 is 9.73 Å². The fraction of sp³-hybridized carbons (Fsp3) is 0.222. The first kappa shape index (κ1) is 14.3. The Labute approximate surface area is 129 Å². The van der Waals surface area contributed by atoms with E-state index in [-0.39, 0.29) is 12.3 Å². The number of pyridine rings is 1. The average molecular weight is 294 g/mol. The fourth-order valence-electron chi connectivity index (χ4n) is 2.72. The van der Waals surface area contributed by atoms with Crippen LogP contribution in [0.2, 0.25) is 0 Å². The van der Waals surface area contributed by atoms with Crippen molar-refractivity contribution >= 4 is 22.7 Å². The molecule has 0 aliphatic heterocycles. The summed E-state index contributed by atoms with van der Waals surface area (Å²) in [5, 5.41) is 3.85. The minimum absolute atomic E-state index is 0.0965. The van der Waals surface area contributed by atoms with Crippen LogP contribution in [0.3, 0.4) is 0 Å². The molecule has 0 aliphatic carbocycles. The highest BCUT2D eigenvalue weighted by Gasteiger charge is 2.13. The van der Waals surface area contributed by atoms with Crippen molar-refractivity contribution in [3.63, 3.8) is 0 Å². The molecular weight excluding hydrogens is 276 g/mol. The first-order valence-corrected chi connectivity index (χ1v) is 7.23. The second-order valence-electron chi connectivity index (χ2n) is 5.66. The van der Waals surface area contributed by atoms with Crippen molar-refractivity contribution in [2.75, 3.05) is 5.32 Å². The van der Waals surface area contributed by atoms with Crippen LogP contribution < -0.4 is 5.32 Å². The van der Waals surface area contributed by atoms with Gasteiger partial charge in [0.25, 0.3) is 0 Å². The van der Waals surface area contributed by atoms with Crippen LogP contribution >= 0.6 is 0 Å². The third kappa shape index (κ3) is 2.86. The number of amides is 1. The highest BCUT2D eigenvalue weighted by Crippen LogP contribution is 2.26. The maximum Gasteiger partial charge on any atom is 0.230 e. The Balaban J connectivity index is 1.83. The Bertz CT molecular complexity index is 849. The summed E-state index contributed by atoms with van der Waals surface area (Å²) in [7, 11) is 0. The van der Waals surface area contributed by atoms with E-state index in [0.717, 1.165) is 33.2 Å². The molecule has 0 saturated carbocycles. The van der Waals surface area contributed by atoms with Gasteiger partial charge in [-0.2, -0.15) is 0 Å². The lowest BCUT2D eigenvalue weighted by molar-refractivity contribution is -0.115. The molecule has 0 aliphatic rings. The van der Waals surface area contributed by atoms with E-state index >= 15 is 0 Å². The van der Waals surface area contributed by atoms with E-state index in [1.807, 2.05) is 39.0 Å². The minimum atomic E-state index is -0.0965. The summed E-state index contributed by atoms with van der Waals surface area (Å²) in [6.07, 6.45) is 3.62. The summed E-state index contributed by atoms with van der Waals surface area (Å²) in [5.74, 6) is 0.478. The Morgan fingerprint density at radius 3 is 2.77 bits per heavy atom. The Morgan fingerprint density at radius 2 is 2.00 bits per heavy atom. The number of furan rings is 1. The topological polar surface area (TPSA) is 55.1 Å². The van der Waals surface area contributed by atoms with Crippen LogP contribution in [0.1, 0.15) is 22.3 Å². The van der Waals surface area contributed by atoms with Crippen molar-refractivity contribution in [2.24, 2.45) is 0 Å². The van der Waals surface area contributed by atoms with Gasteiger partial charge in [-0.1, -0.05) is 6.07 Å². The molecule has 1 aromatic carbocycles. The van der Waals surface area contributed by atoms with E-state index in [1.165, 1.54) is 0 Å².